The molecule has 0 radical (unpaired) electrons. The van der Waals surface area contributed by atoms with Crippen molar-refractivity contribution in [3.05, 3.63) is 52.7 Å². The van der Waals surface area contributed by atoms with E-state index in [1.54, 1.807) is 0 Å². The van der Waals surface area contributed by atoms with Gasteiger partial charge in [0, 0.05) is 60.3 Å². The normalized spacial score (nSPS) is 28.2. The molecule has 0 amide bonds. The summed E-state index contributed by atoms with van der Waals surface area (Å²) in [4.78, 5) is 10.0. The molecule has 3 saturated heterocycles. The molecular weight excluding hydrogens is 483 g/mol. The summed E-state index contributed by atoms with van der Waals surface area (Å²) in [6.07, 6.45) is 15.4. The monoisotopic (exact) mass is 526 g/mol. The Morgan fingerprint density at radius 3 is 2.71 bits per heavy atom. The Labute approximate surface area is 230 Å². The Hall–Kier alpha value is -2.00. The van der Waals surface area contributed by atoms with E-state index >= 15 is 0 Å². The Bertz CT molecular complexity index is 1370. The zero-order valence-corrected chi connectivity index (χ0v) is 24.5. The third-order valence-electron chi connectivity index (χ3n) is 9.80. The van der Waals surface area contributed by atoms with Crippen molar-refractivity contribution in [1.29, 1.82) is 0 Å². The molecule has 4 aliphatic heterocycles. The first-order valence-electron chi connectivity index (χ1n) is 15.3. The molecule has 5 heterocycles. The van der Waals surface area contributed by atoms with Crippen LogP contribution in [0.25, 0.3) is 16.5 Å². The highest BCUT2D eigenvalue weighted by atomic mass is 31.0. The number of unbranched alkanes of at least 4 members (excludes halogenated alkanes) is 1. The zero-order chi connectivity index (χ0) is 26.0. The summed E-state index contributed by atoms with van der Waals surface area (Å²) in [6.45, 7) is 11.4. The third-order valence-corrected chi connectivity index (χ3v) is 10.4. The highest BCUT2D eigenvalue weighted by molar-refractivity contribution is 7.21. The summed E-state index contributed by atoms with van der Waals surface area (Å²) in [5, 5.41) is 1.40. The number of hydrogen-bond donors (Lipinski definition) is 0. The van der Waals surface area contributed by atoms with E-state index in [0.717, 1.165) is 50.2 Å². The molecule has 1 unspecified atom stereocenters. The van der Waals surface area contributed by atoms with Crippen LogP contribution in [0.2, 0.25) is 0 Å². The van der Waals surface area contributed by atoms with E-state index in [1.807, 2.05) is 0 Å². The average Bonchev–Trinajstić information content (AvgIpc) is 3.79. The number of aromatic nitrogens is 1. The van der Waals surface area contributed by atoms with Crippen molar-refractivity contribution >= 4 is 36.5 Å². The first kappa shape index (κ1) is 25.0. The largest absolute Gasteiger partial charge is 0.341 e. The highest BCUT2D eigenvalue weighted by Crippen LogP contribution is 2.53. The van der Waals surface area contributed by atoms with Crippen molar-refractivity contribution in [2.45, 2.75) is 90.9 Å². The lowest BCUT2D eigenvalue weighted by atomic mass is 9.98. The van der Waals surface area contributed by atoms with Gasteiger partial charge in [-0.25, -0.2) is 0 Å². The molecule has 1 saturated carbocycles. The molecule has 0 spiro atoms. The summed E-state index contributed by atoms with van der Waals surface area (Å²) in [5.41, 5.74) is 11.0. The molecule has 5 aliphatic rings. The molecule has 1 aromatic heterocycles. The highest BCUT2D eigenvalue weighted by Gasteiger charge is 2.69. The standard InChI is InChI=1S/C33H43N4P/c1-4-6-14-35-29(25(12-11-22-9-10-22)16-24-8-7-13-34-21(24)3)18-26-17-27(15-23(5-2)30(26)35)33(38)37-20-28-19-36-31(28)32(36)37/h8,15-18,22,28,31-32,38H,4-7,9-14,19-20H2,1-3H3/b25-16+/t28-,31-,32+,36?/m1/s1. The van der Waals surface area contributed by atoms with Gasteiger partial charge in [-0.3, -0.25) is 14.8 Å². The molecule has 1 aromatic carbocycles. The molecule has 200 valence electrons. The maximum atomic E-state index is 4.78. The molecule has 4 fully saturated rings. The van der Waals surface area contributed by atoms with Gasteiger partial charge in [0.1, 0.15) is 0 Å². The minimum atomic E-state index is 0.642. The predicted octanol–water partition coefficient (Wildman–Crippen LogP) is 6.94. The zero-order valence-electron chi connectivity index (χ0n) is 23.5. The van der Waals surface area contributed by atoms with Crippen LogP contribution in [-0.4, -0.2) is 57.3 Å². The second-order valence-electron chi connectivity index (χ2n) is 12.4. The first-order chi connectivity index (χ1) is 18.6. The number of nitrogens with zero attached hydrogens (tertiary/aromatic N) is 4. The Kier molecular flexibility index (Phi) is 6.50. The van der Waals surface area contributed by atoms with Crippen LogP contribution in [0.1, 0.15) is 82.5 Å². The van der Waals surface area contributed by atoms with E-state index in [1.165, 1.54) is 95.2 Å². The fourth-order valence-corrected chi connectivity index (χ4v) is 7.72. The smallest absolute Gasteiger partial charge is 0.0835 e. The Morgan fingerprint density at radius 1 is 1.16 bits per heavy atom. The molecule has 1 aliphatic carbocycles. The summed E-state index contributed by atoms with van der Waals surface area (Å²) < 4.78 is 2.68. The molecule has 2 aromatic rings. The molecule has 0 N–H and O–H groups in total. The van der Waals surface area contributed by atoms with E-state index in [9.17, 15) is 0 Å². The fraction of sp³-hybridized carbons (Fsp3) is 0.576. The minimum absolute atomic E-state index is 0.642. The van der Waals surface area contributed by atoms with Crippen molar-refractivity contribution in [3.63, 3.8) is 0 Å². The Morgan fingerprint density at radius 2 is 2.03 bits per heavy atom. The van der Waals surface area contributed by atoms with Gasteiger partial charge in [0.25, 0.3) is 0 Å². The van der Waals surface area contributed by atoms with Gasteiger partial charge in [-0.1, -0.05) is 39.2 Å². The number of dihydropyridines is 1. The van der Waals surface area contributed by atoms with Crippen molar-refractivity contribution in [1.82, 2.24) is 14.4 Å². The molecule has 5 heteroatoms. The van der Waals surface area contributed by atoms with Crippen LogP contribution in [0.4, 0.5) is 0 Å². The lowest BCUT2D eigenvalue weighted by molar-refractivity contribution is 0.164. The quantitative estimate of drug-likeness (QED) is 0.234. The number of aryl methyl sites for hydroxylation is 2. The topological polar surface area (TPSA) is 23.5 Å². The van der Waals surface area contributed by atoms with Gasteiger partial charge in [-0.05, 0) is 91.5 Å². The summed E-state index contributed by atoms with van der Waals surface area (Å²) in [5.74, 6) is 1.81. The SMILES string of the molecule is CCCCn1c(/C(=C/C2=CCCN=C2C)CCC2CC2)cc2cc(C(=P)N3C[C@H]4CN5[C@H]4[C@H]35)cc(CC)c21. The maximum Gasteiger partial charge on any atom is 0.0835 e. The minimum Gasteiger partial charge on any atom is -0.341 e. The number of rotatable bonds is 11. The van der Waals surface area contributed by atoms with E-state index in [-0.39, 0.29) is 0 Å². The average molecular weight is 527 g/mol. The van der Waals surface area contributed by atoms with Crippen LogP contribution >= 0.6 is 8.86 Å². The van der Waals surface area contributed by atoms with E-state index < -0.39 is 0 Å². The maximum absolute atomic E-state index is 4.78. The molecule has 0 bridgehead atoms. The van der Waals surface area contributed by atoms with Crippen molar-refractivity contribution in [3.8, 4) is 0 Å². The van der Waals surface area contributed by atoms with Crippen molar-refractivity contribution < 1.29 is 0 Å². The lowest BCUT2D eigenvalue weighted by Gasteiger charge is -2.33. The van der Waals surface area contributed by atoms with E-state index in [2.05, 4.69) is 74.4 Å². The van der Waals surface area contributed by atoms with Gasteiger partial charge in [-0.15, -0.1) is 8.86 Å². The number of allylic oxidation sites excluding steroid dienone is 3. The molecular formula is C33H43N4P. The van der Waals surface area contributed by atoms with E-state index in [0.29, 0.717) is 6.17 Å². The van der Waals surface area contributed by atoms with Crippen LogP contribution in [0, 0.1) is 11.8 Å². The fourth-order valence-electron chi connectivity index (χ4n) is 7.35. The molecule has 7 rings (SSSR count). The number of hydrogen-bond acceptors (Lipinski definition) is 2. The summed E-state index contributed by atoms with van der Waals surface area (Å²) >= 11 is 0. The third kappa shape index (κ3) is 4.28. The summed E-state index contributed by atoms with van der Waals surface area (Å²) in [6, 6.07) is 8.29. The van der Waals surface area contributed by atoms with Crippen LogP contribution in [0.5, 0.6) is 0 Å². The van der Waals surface area contributed by atoms with Gasteiger partial charge < -0.3 is 4.57 Å². The second-order valence-corrected chi connectivity index (χ2v) is 12.9. The number of benzene rings is 1. The number of aliphatic imine (C=N–C) groups is 1. The molecule has 4 nitrogen and oxygen atoms in total. The van der Waals surface area contributed by atoms with Crippen LogP contribution in [0.15, 0.2) is 40.9 Å². The van der Waals surface area contributed by atoms with Crippen molar-refractivity contribution in [2.75, 3.05) is 19.6 Å². The Balaban J connectivity index is 1.31. The van der Waals surface area contributed by atoms with Crippen LogP contribution in [0.3, 0.4) is 0 Å². The number of likely N-dealkylation sites (tertiary alicyclic amines) is 1. The van der Waals surface area contributed by atoms with Crippen molar-refractivity contribution in [2.24, 2.45) is 16.8 Å². The van der Waals surface area contributed by atoms with Crippen LogP contribution in [-0.2, 0) is 13.0 Å². The van der Waals surface area contributed by atoms with Gasteiger partial charge in [0.2, 0.25) is 0 Å². The van der Waals surface area contributed by atoms with E-state index in [4.69, 9.17) is 4.99 Å². The lowest BCUT2D eigenvalue weighted by Crippen LogP contribution is -2.45. The van der Waals surface area contributed by atoms with Crippen LogP contribution < -0.4 is 0 Å². The molecule has 4 atom stereocenters. The van der Waals surface area contributed by atoms with Gasteiger partial charge in [0.05, 0.1) is 11.7 Å². The predicted molar refractivity (Wildman–Crippen MR) is 164 cm³/mol. The van der Waals surface area contributed by atoms with Gasteiger partial charge >= 0.3 is 0 Å². The van der Waals surface area contributed by atoms with Gasteiger partial charge in [0.15, 0.2) is 0 Å². The first-order valence-corrected chi connectivity index (χ1v) is 15.8. The number of fused-ring (bicyclic) bond motifs is 2. The second kappa shape index (κ2) is 9.88. The van der Waals surface area contributed by atoms with Gasteiger partial charge in [-0.2, -0.15) is 0 Å². The summed E-state index contributed by atoms with van der Waals surface area (Å²) in [7, 11) is 4.13. The molecule has 38 heavy (non-hydrogen) atoms.